The molecule has 38 heavy (non-hydrogen) atoms. The number of carbonyl (C=O) groups is 2. The molecule has 0 radical (unpaired) electrons. The third-order valence-electron chi connectivity index (χ3n) is 7.11. The minimum absolute atomic E-state index is 0.00498. The monoisotopic (exact) mass is 526 g/mol. The van der Waals surface area contributed by atoms with E-state index in [0.29, 0.717) is 38.8 Å². The van der Waals surface area contributed by atoms with Crippen LogP contribution in [0, 0.1) is 0 Å². The lowest BCUT2D eigenvalue weighted by atomic mass is 9.99. The van der Waals surface area contributed by atoms with Crippen LogP contribution in [0.2, 0.25) is 0 Å². The minimum Gasteiger partial charge on any atom is -0.481 e. The fraction of sp³-hybridized carbons (Fsp3) is 0.517. The zero-order valence-corrected chi connectivity index (χ0v) is 21.6. The van der Waals surface area contributed by atoms with Gasteiger partial charge < -0.3 is 30.1 Å². The highest BCUT2D eigenvalue weighted by atomic mass is 16.7. The Hall–Kier alpha value is -2.82. The molecule has 0 spiro atoms. The van der Waals surface area contributed by atoms with Gasteiger partial charge in [-0.25, -0.2) is 0 Å². The highest BCUT2D eigenvalue weighted by Gasteiger charge is 2.34. The van der Waals surface area contributed by atoms with E-state index in [-0.39, 0.29) is 37.2 Å². The smallest absolute Gasteiger partial charge is 0.303 e. The number of carboxylic acid groups (broad SMARTS) is 1. The van der Waals surface area contributed by atoms with Crippen LogP contribution < -0.4 is 5.32 Å². The van der Waals surface area contributed by atoms with E-state index in [0.717, 1.165) is 41.8 Å². The second-order valence-electron chi connectivity index (χ2n) is 10.2. The molecule has 1 amide bonds. The maximum atomic E-state index is 12.1. The van der Waals surface area contributed by atoms with Gasteiger partial charge in [-0.15, -0.1) is 0 Å². The Balaban J connectivity index is 1.36. The molecule has 4 rings (SSSR count). The van der Waals surface area contributed by atoms with Crippen molar-refractivity contribution < 1.29 is 34.4 Å². The third-order valence-corrected chi connectivity index (χ3v) is 7.11. The van der Waals surface area contributed by atoms with Crippen LogP contribution in [0.4, 0.5) is 0 Å². The normalized spacial score (nSPS) is 23.8. The van der Waals surface area contributed by atoms with E-state index >= 15 is 0 Å². The van der Waals surface area contributed by atoms with Gasteiger partial charge in [-0.1, -0.05) is 48.5 Å². The fourth-order valence-corrected chi connectivity index (χ4v) is 4.94. The number of ether oxygens (including phenoxy) is 2. The highest BCUT2D eigenvalue weighted by Crippen LogP contribution is 2.38. The highest BCUT2D eigenvalue weighted by molar-refractivity contribution is 5.75. The number of rotatable bonds is 12. The molecule has 206 valence electrons. The zero-order valence-electron chi connectivity index (χ0n) is 21.6. The minimum atomic E-state index is -0.844. The Morgan fingerprint density at radius 3 is 2.29 bits per heavy atom. The molecule has 4 atom stereocenters. The number of carbonyl (C=O) groups excluding carboxylic acids is 1. The molecule has 2 heterocycles. The molecule has 2 aromatic carbocycles. The van der Waals surface area contributed by atoms with E-state index in [1.807, 2.05) is 48.5 Å². The second kappa shape index (κ2) is 13.8. The Morgan fingerprint density at radius 2 is 1.63 bits per heavy atom. The summed E-state index contributed by atoms with van der Waals surface area (Å²) in [4.78, 5) is 24.9. The number of nitrogens with one attached hydrogen (secondary N) is 1. The number of benzene rings is 2. The van der Waals surface area contributed by atoms with E-state index < -0.39 is 12.3 Å². The lowest BCUT2D eigenvalue weighted by Crippen LogP contribution is -2.38. The van der Waals surface area contributed by atoms with Gasteiger partial charge in [0.2, 0.25) is 5.91 Å². The van der Waals surface area contributed by atoms with E-state index in [1.165, 1.54) is 0 Å². The van der Waals surface area contributed by atoms with Crippen LogP contribution in [-0.4, -0.2) is 63.9 Å². The van der Waals surface area contributed by atoms with Gasteiger partial charge in [0.1, 0.15) is 0 Å². The molecule has 9 heteroatoms. The van der Waals surface area contributed by atoms with Gasteiger partial charge in [0.05, 0.1) is 24.9 Å². The predicted molar refractivity (Wildman–Crippen MR) is 140 cm³/mol. The van der Waals surface area contributed by atoms with Gasteiger partial charge in [0.25, 0.3) is 0 Å². The van der Waals surface area contributed by atoms with Crippen LogP contribution in [0.5, 0.6) is 0 Å². The van der Waals surface area contributed by atoms with Crippen molar-refractivity contribution in [1.29, 1.82) is 0 Å². The molecular weight excluding hydrogens is 488 g/mol. The molecule has 0 aromatic heterocycles. The number of aliphatic hydroxyl groups is 2. The topological polar surface area (TPSA) is 129 Å². The maximum absolute atomic E-state index is 12.1. The van der Waals surface area contributed by atoms with Crippen LogP contribution in [0.15, 0.2) is 48.5 Å². The third kappa shape index (κ3) is 8.34. The molecule has 0 aliphatic carbocycles. The van der Waals surface area contributed by atoms with Gasteiger partial charge in [0.15, 0.2) is 6.29 Å². The molecule has 2 fully saturated rings. The number of nitrogens with zero attached hydrogens (tertiary/aromatic N) is 1. The van der Waals surface area contributed by atoms with Gasteiger partial charge in [-0.2, -0.15) is 0 Å². The number of unbranched alkanes of at least 4 members (excludes halogenated alkanes) is 1. The van der Waals surface area contributed by atoms with Crippen molar-refractivity contribution in [2.24, 2.45) is 0 Å². The molecular formula is C29H38N2O7. The molecule has 2 aromatic rings. The number of β-amino-alcohol motifs (C(OH)–C–C–N with tert-alkyl or cyclic N) is 1. The van der Waals surface area contributed by atoms with Crippen LogP contribution in [0.3, 0.4) is 0 Å². The number of hydrogen-bond donors (Lipinski definition) is 4. The molecule has 4 N–H and O–H groups in total. The van der Waals surface area contributed by atoms with Crippen LogP contribution >= 0.6 is 0 Å². The number of carboxylic acids is 1. The lowest BCUT2D eigenvalue weighted by Gasteiger charge is -2.37. The van der Waals surface area contributed by atoms with Crippen molar-refractivity contribution in [2.45, 2.75) is 76.3 Å². The van der Waals surface area contributed by atoms with Gasteiger partial charge >= 0.3 is 5.97 Å². The van der Waals surface area contributed by atoms with Crippen LogP contribution in [0.25, 0.3) is 0 Å². The molecule has 2 aliphatic rings. The first-order valence-corrected chi connectivity index (χ1v) is 13.4. The van der Waals surface area contributed by atoms with Crippen molar-refractivity contribution in [3.63, 3.8) is 0 Å². The first-order valence-electron chi connectivity index (χ1n) is 13.4. The summed E-state index contributed by atoms with van der Waals surface area (Å²) in [6.07, 6.45) is 1.82. The molecule has 0 bridgehead atoms. The van der Waals surface area contributed by atoms with E-state index in [2.05, 4.69) is 10.2 Å². The summed E-state index contributed by atoms with van der Waals surface area (Å²) < 4.78 is 12.8. The van der Waals surface area contributed by atoms with Crippen molar-refractivity contribution in [3.8, 4) is 0 Å². The summed E-state index contributed by atoms with van der Waals surface area (Å²) in [7, 11) is 0. The summed E-state index contributed by atoms with van der Waals surface area (Å²) in [5.74, 6) is -0.938. The zero-order chi connectivity index (χ0) is 26.9. The Morgan fingerprint density at radius 1 is 0.947 bits per heavy atom. The number of aliphatic carboxylic acids is 1. The summed E-state index contributed by atoms with van der Waals surface area (Å²) in [6, 6.07) is 15.6. The average Bonchev–Trinajstić information content (AvgIpc) is 3.34. The van der Waals surface area contributed by atoms with E-state index in [9.17, 15) is 19.8 Å². The Labute approximate surface area is 223 Å². The predicted octanol–water partition coefficient (Wildman–Crippen LogP) is 3.05. The number of aliphatic hydroxyl groups excluding tert-OH is 2. The maximum Gasteiger partial charge on any atom is 0.303 e. The first-order chi connectivity index (χ1) is 18.4. The Bertz CT molecular complexity index is 1040. The van der Waals surface area contributed by atoms with Gasteiger partial charge in [-0.3, -0.25) is 14.5 Å². The SMILES string of the molecule is O=C(O)CCCCC(=O)NCc1ccc(C2OC(CN3CCC(O)C3)CC(c3ccc(CO)cc3)O2)cc1. The Kier molecular flexibility index (Phi) is 10.3. The summed E-state index contributed by atoms with van der Waals surface area (Å²) in [6.45, 7) is 2.61. The molecule has 0 saturated carbocycles. The molecule has 2 aliphatic heterocycles. The van der Waals surface area contributed by atoms with Gasteiger partial charge in [-0.05, 0) is 36.0 Å². The largest absolute Gasteiger partial charge is 0.481 e. The fourth-order valence-electron chi connectivity index (χ4n) is 4.94. The van der Waals surface area contributed by atoms with Crippen LogP contribution in [-0.2, 0) is 32.2 Å². The molecule has 2 saturated heterocycles. The van der Waals surface area contributed by atoms with Crippen LogP contribution in [0.1, 0.15) is 73.2 Å². The molecule has 9 nitrogen and oxygen atoms in total. The van der Waals surface area contributed by atoms with E-state index in [4.69, 9.17) is 14.6 Å². The van der Waals surface area contributed by atoms with Crippen molar-refractivity contribution in [2.75, 3.05) is 19.6 Å². The number of likely N-dealkylation sites (tertiary alicyclic amines) is 1. The van der Waals surface area contributed by atoms with E-state index in [1.54, 1.807) is 0 Å². The second-order valence-corrected chi connectivity index (χ2v) is 10.2. The first kappa shape index (κ1) is 28.2. The standard InChI is InChI=1S/C29H38N2O7/c32-19-21-7-9-22(10-8-21)26-15-25(18-31-14-13-24(33)17-31)37-29(38-26)23-11-5-20(6-12-23)16-30-27(34)3-1-2-4-28(35)36/h5-12,24-26,29,32-33H,1-4,13-19H2,(H,30,34)(H,35,36). The number of hydrogen-bond acceptors (Lipinski definition) is 7. The van der Waals surface area contributed by atoms with Gasteiger partial charge in [0, 0.05) is 51.0 Å². The van der Waals surface area contributed by atoms with Crippen molar-refractivity contribution in [1.82, 2.24) is 10.2 Å². The molecule has 4 unspecified atom stereocenters. The number of amides is 1. The summed E-state index contributed by atoms with van der Waals surface area (Å²) >= 11 is 0. The lowest BCUT2D eigenvalue weighted by molar-refractivity contribution is -0.252. The quantitative estimate of drug-likeness (QED) is 0.311. The van der Waals surface area contributed by atoms with Crippen molar-refractivity contribution in [3.05, 3.63) is 70.8 Å². The summed E-state index contributed by atoms with van der Waals surface area (Å²) in [5, 5.41) is 30.9. The summed E-state index contributed by atoms with van der Waals surface area (Å²) in [5.41, 5.74) is 3.71. The average molecular weight is 527 g/mol. The van der Waals surface area contributed by atoms with Crippen molar-refractivity contribution >= 4 is 11.9 Å².